The van der Waals surface area contributed by atoms with Crippen molar-refractivity contribution in [3.63, 3.8) is 0 Å². The molecule has 0 unspecified atom stereocenters. The molecule has 0 fully saturated rings. The van der Waals surface area contributed by atoms with Gasteiger partial charge in [-0.2, -0.15) is 0 Å². The maximum atomic E-state index is 12.5. The third kappa shape index (κ3) is 5.28. The Hall–Kier alpha value is -4.79. The summed E-state index contributed by atoms with van der Waals surface area (Å²) < 4.78 is 5.68. The second-order valence-electron chi connectivity index (χ2n) is 7.03. The number of benzene rings is 2. The van der Waals surface area contributed by atoms with E-state index in [2.05, 4.69) is 15.0 Å². The summed E-state index contributed by atoms with van der Waals surface area (Å²) in [7, 11) is 0. The number of para-hydroxylation sites is 1. The van der Waals surface area contributed by atoms with Crippen molar-refractivity contribution in [2.75, 3.05) is 0 Å². The summed E-state index contributed by atoms with van der Waals surface area (Å²) in [5, 5.41) is 11.1. The first-order chi connectivity index (χ1) is 16.0. The summed E-state index contributed by atoms with van der Waals surface area (Å²) in [6, 6.07) is 19.0. The van der Waals surface area contributed by atoms with Gasteiger partial charge < -0.3 is 14.7 Å². The van der Waals surface area contributed by atoms with Crippen molar-refractivity contribution < 1.29 is 9.66 Å². The highest BCUT2D eigenvalue weighted by Gasteiger charge is 2.10. The second-order valence-corrected chi connectivity index (χ2v) is 7.03. The molecule has 33 heavy (non-hydrogen) atoms. The zero-order chi connectivity index (χ0) is 23.2. The van der Waals surface area contributed by atoms with E-state index >= 15 is 0 Å². The molecule has 0 aliphatic rings. The lowest BCUT2D eigenvalue weighted by molar-refractivity contribution is -0.385. The van der Waals surface area contributed by atoms with Crippen LogP contribution in [-0.4, -0.2) is 19.9 Å². The van der Waals surface area contributed by atoms with Gasteiger partial charge in [0, 0.05) is 6.07 Å². The highest BCUT2D eigenvalue weighted by atomic mass is 16.6. The summed E-state index contributed by atoms with van der Waals surface area (Å²) in [4.78, 5) is 44.7. The summed E-state index contributed by atoms with van der Waals surface area (Å²) in [5.74, 6) is 0.563. The van der Waals surface area contributed by atoms with Gasteiger partial charge in [0.1, 0.15) is 23.1 Å². The van der Waals surface area contributed by atoms with Crippen LogP contribution in [0.3, 0.4) is 0 Å². The van der Waals surface area contributed by atoms with Crippen molar-refractivity contribution >= 4 is 17.8 Å². The first kappa shape index (κ1) is 21.4. The fraction of sp³-hybridized carbons (Fsp3) is 0.0417. The van der Waals surface area contributed by atoms with Crippen molar-refractivity contribution in [2.45, 2.75) is 6.61 Å². The number of nitrogens with one attached hydrogen (secondary N) is 2. The Labute approximate surface area is 186 Å². The second kappa shape index (κ2) is 9.56. The molecule has 0 atom stereocenters. The van der Waals surface area contributed by atoms with Crippen LogP contribution < -0.4 is 26.6 Å². The predicted molar refractivity (Wildman–Crippen MR) is 122 cm³/mol. The minimum atomic E-state index is -0.596. The SMILES string of the molecule is O=c1[nH]/c(=C/c2ccccc2[N+](=O)[O-])c(=O)[nH]/c1=C/c1ccc(OCc2ccccc2)cn1. The number of aromatic nitrogens is 3. The Kier molecular flexibility index (Phi) is 6.21. The van der Waals surface area contributed by atoms with E-state index in [0.717, 1.165) is 5.56 Å². The molecule has 0 radical (unpaired) electrons. The number of hydrogen-bond donors (Lipinski definition) is 2. The minimum absolute atomic E-state index is 0.00478. The van der Waals surface area contributed by atoms with Crippen molar-refractivity contribution in [3.8, 4) is 5.75 Å². The standard InChI is InChI=1S/C24H18N4O5/c29-23-20(12-17-8-4-5-9-22(17)28(31)32)26-24(30)21(27-23)13-18-10-11-19(14-25-18)33-15-16-6-2-1-3-7-16/h1-14H,15H2,(H,26,30)(H,27,29)/b20-12+,21-13+. The smallest absolute Gasteiger partial charge is 0.276 e. The molecule has 4 aromatic rings. The highest BCUT2D eigenvalue weighted by molar-refractivity contribution is 5.59. The molecule has 2 heterocycles. The van der Waals surface area contributed by atoms with Gasteiger partial charge in [-0.05, 0) is 35.9 Å². The molecule has 2 N–H and O–H groups in total. The van der Waals surface area contributed by atoms with Crippen LogP contribution in [0.15, 0.2) is 82.5 Å². The van der Waals surface area contributed by atoms with Crippen LogP contribution in [-0.2, 0) is 6.61 Å². The Morgan fingerprint density at radius 3 is 2.21 bits per heavy atom. The lowest BCUT2D eigenvalue weighted by atomic mass is 10.1. The third-order valence-corrected chi connectivity index (χ3v) is 4.72. The number of H-pyrrole nitrogens is 2. The lowest BCUT2D eigenvalue weighted by Gasteiger charge is -2.05. The van der Waals surface area contributed by atoms with Crippen LogP contribution in [0.5, 0.6) is 5.75 Å². The Balaban J connectivity index is 1.60. The van der Waals surface area contributed by atoms with Gasteiger partial charge in [0.25, 0.3) is 16.8 Å². The first-order valence-corrected chi connectivity index (χ1v) is 9.92. The topological polar surface area (TPSA) is 131 Å². The molecule has 0 saturated heterocycles. The maximum Gasteiger partial charge on any atom is 0.276 e. The average molecular weight is 442 g/mol. The zero-order valence-corrected chi connectivity index (χ0v) is 17.2. The number of ether oxygens (including phenoxy) is 1. The molecular weight excluding hydrogens is 424 g/mol. The Morgan fingerprint density at radius 2 is 1.55 bits per heavy atom. The van der Waals surface area contributed by atoms with Crippen LogP contribution in [0.1, 0.15) is 16.8 Å². The molecule has 9 nitrogen and oxygen atoms in total. The van der Waals surface area contributed by atoms with Gasteiger partial charge in [-0.15, -0.1) is 0 Å². The number of nitrogens with zero attached hydrogens (tertiary/aromatic N) is 2. The molecule has 164 valence electrons. The Morgan fingerprint density at radius 1 is 0.879 bits per heavy atom. The molecular formula is C24H18N4O5. The minimum Gasteiger partial charge on any atom is -0.487 e. The van der Waals surface area contributed by atoms with E-state index in [4.69, 9.17) is 4.74 Å². The van der Waals surface area contributed by atoms with E-state index in [1.165, 1.54) is 36.5 Å². The molecule has 2 aromatic heterocycles. The molecule has 4 rings (SSSR count). The number of aromatic amines is 2. The normalized spacial score (nSPS) is 12.0. The monoisotopic (exact) mass is 442 g/mol. The quantitative estimate of drug-likeness (QED) is 0.345. The largest absolute Gasteiger partial charge is 0.487 e. The lowest BCUT2D eigenvalue weighted by Crippen LogP contribution is -2.46. The summed E-state index contributed by atoms with van der Waals surface area (Å²) in [6.07, 6.45) is 4.22. The van der Waals surface area contributed by atoms with Gasteiger partial charge in [-0.1, -0.05) is 42.5 Å². The van der Waals surface area contributed by atoms with Crippen LogP contribution in [0.4, 0.5) is 5.69 Å². The molecule has 2 aromatic carbocycles. The predicted octanol–water partition coefficient (Wildman–Crippen LogP) is 1.60. The number of hydrogen-bond acceptors (Lipinski definition) is 6. The van der Waals surface area contributed by atoms with Gasteiger partial charge >= 0.3 is 0 Å². The summed E-state index contributed by atoms with van der Waals surface area (Å²) in [5.41, 5.74) is 0.335. The number of rotatable bonds is 6. The molecule has 0 aliphatic heterocycles. The van der Waals surface area contributed by atoms with Gasteiger partial charge in [-0.3, -0.25) is 24.7 Å². The molecule has 0 amide bonds. The zero-order valence-electron chi connectivity index (χ0n) is 17.2. The van der Waals surface area contributed by atoms with E-state index in [9.17, 15) is 19.7 Å². The molecule has 0 saturated carbocycles. The van der Waals surface area contributed by atoms with Gasteiger partial charge in [0.15, 0.2) is 0 Å². The molecule has 0 bridgehead atoms. The molecule has 0 aliphatic carbocycles. The molecule has 0 spiro atoms. The third-order valence-electron chi connectivity index (χ3n) is 4.72. The number of pyridine rings is 1. The van der Waals surface area contributed by atoms with Crippen molar-refractivity contribution in [2.24, 2.45) is 0 Å². The van der Waals surface area contributed by atoms with E-state index in [0.29, 0.717) is 18.1 Å². The summed E-state index contributed by atoms with van der Waals surface area (Å²) >= 11 is 0. The van der Waals surface area contributed by atoms with Crippen LogP contribution in [0.2, 0.25) is 0 Å². The van der Waals surface area contributed by atoms with Gasteiger partial charge in [-0.25, -0.2) is 0 Å². The number of nitro benzene ring substituents is 1. The van der Waals surface area contributed by atoms with E-state index < -0.39 is 16.0 Å². The first-order valence-electron chi connectivity index (χ1n) is 9.92. The fourth-order valence-electron chi connectivity index (χ4n) is 3.08. The van der Waals surface area contributed by atoms with Gasteiger partial charge in [0.05, 0.1) is 22.4 Å². The van der Waals surface area contributed by atoms with Crippen molar-refractivity contribution in [1.82, 2.24) is 15.0 Å². The highest BCUT2D eigenvalue weighted by Crippen LogP contribution is 2.17. The van der Waals surface area contributed by atoms with E-state index in [-0.39, 0.29) is 21.9 Å². The van der Waals surface area contributed by atoms with Gasteiger partial charge in [0.2, 0.25) is 0 Å². The average Bonchev–Trinajstić information content (AvgIpc) is 2.82. The van der Waals surface area contributed by atoms with E-state index in [1.807, 2.05) is 30.3 Å². The van der Waals surface area contributed by atoms with Crippen LogP contribution in [0, 0.1) is 10.1 Å². The summed E-state index contributed by atoms with van der Waals surface area (Å²) in [6.45, 7) is 0.399. The number of nitro groups is 1. The van der Waals surface area contributed by atoms with Crippen molar-refractivity contribution in [1.29, 1.82) is 0 Å². The van der Waals surface area contributed by atoms with Crippen LogP contribution >= 0.6 is 0 Å². The fourth-order valence-corrected chi connectivity index (χ4v) is 3.08. The maximum absolute atomic E-state index is 12.5. The molecule has 9 heteroatoms. The van der Waals surface area contributed by atoms with Crippen molar-refractivity contribution in [3.05, 3.63) is 131 Å². The Bertz CT molecular complexity index is 1520. The van der Waals surface area contributed by atoms with Crippen LogP contribution in [0.25, 0.3) is 12.2 Å². The van der Waals surface area contributed by atoms with E-state index in [1.54, 1.807) is 18.2 Å².